The third-order valence-electron chi connectivity index (χ3n) is 3.71. The third kappa shape index (κ3) is 4.06. The smallest absolute Gasteiger partial charge is 0.240 e. The lowest BCUT2D eigenvalue weighted by molar-refractivity contribution is -0.123. The van der Waals surface area contributed by atoms with Gasteiger partial charge in [0.1, 0.15) is 6.54 Å². The summed E-state index contributed by atoms with van der Waals surface area (Å²) in [6.07, 6.45) is 4.33. The number of hydrogen-bond donors (Lipinski definition) is 1. The molecule has 0 saturated heterocycles. The largest absolute Gasteiger partial charge is 0.352 e. The Labute approximate surface area is 124 Å². The highest BCUT2D eigenvalue weighted by molar-refractivity contribution is 5.97. The Morgan fingerprint density at radius 3 is 2.43 bits per heavy atom. The van der Waals surface area contributed by atoms with Gasteiger partial charge in [0, 0.05) is 18.7 Å². The molecule has 1 fully saturated rings. The number of carbonyl (C=O) groups excluding carboxylic acids is 2. The van der Waals surface area contributed by atoms with E-state index in [0.29, 0.717) is 11.3 Å². The zero-order valence-corrected chi connectivity index (χ0v) is 12.1. The van der Waals surface area contributed by atoms with Crippen LogP contribution in [0.5, 0.6) is 0 Å². The summed E-state index contributed by atoms with van der Waals surface area (Å²) >= 11 is 0. The van der Waals surface area contributed by atoms with E-state index in [2.05, 4.69) is 5.32 Å². The molecule has 1 N–H and O–H groups in total. The minimum absolute atomic E-state index is 0.0116. The van der Waals surface area contributed by atoms with Crippen LogP contribution in [-0.2, 0) is 9.59 Å². The lowest BCUT2D eigenvalue weighted by Crippen LogP contribution is -2.43. The van der Waals surface area contributed by atoms with E-state index in [-0.39, 0.29) is 24.4 Å². The number of hydrogen-bond acceptors (Lipinski definition) is 3. The summed E-state index contributed by atoms with van der Waals surface area (Å²) in [6, 6.07) is 8.92. The van der Waals surface area contributed by atoms with Crippen molar-refractivity contribution in [3.63, 3.8) is 0 Å². The summed E-state index contributed by atoms with van der Waals surface area (Å²) in [5, 5.41) is 11.8. The summed E-state index contributed by atoms with van der Waals surface area (Å²) in [5.74, 6) is -0.331. The number of benzene rings is 1. The van der Waals surface area contributed by atoms with Crippen LogP contribution in [0.15, 0.2) is 24.3 Å². The van der Waals surface area contributed by atoms with Gasteiger partial charge in [0.25, 0.3) is 0 Å². The van der Waals surface area contributed by atoms with Crippen LogP contribution < -0.4 is 10.2 Å². The fraction of sp³-hybridized carbons (Fsp3) is 0.438. The molecule has 1 aromatic rings. The van der Waals surface area contributed by atoms with Crippen LogP contribution in [0.4, 0.5) is 5.69 Å². The van der Waals surface area contributed by atoms with Crippen molar-refractivity contribution in [2.45, 2.75) is 38.6 Å². The van der Waals surface area contributed by atoms with Crippen LogP contribution in [0.3, 0.4) is 0 Å². The van der Waals surface area contributed by atoms with Crippen molar-refractivity contribution in [2.75, 3.05) is 11.4 Å². The maximum atomic E-state index is 12.1. The number of carbonyl (C=O) groups is 2. The van der Waals surface area contributed by atoms with Crippen molar-refractivity contribution >= 4 is 17.5 Å². The van der Waals surface area contributed by atoms with Crippen molar-refractivity contribution < 1.29 is 9.59 Å². The zero-order valence-electron chi connectivity index (χ0n) is 12.1. The van der Waals surface area contributed by atoms with Gasteiger partial charge in [-0.1, -0.05) is 12.8 Å². The Kier molecular flexibility index (Phi) is 4.94. The fourth-order valence-corrected chi connectivity index (χ4v) is 2.59. The molecule has 0 atom stereocenters. The maximum absolute atomic E-state index is 12.1. The van der Waals surface area contributed by atoms with Gasteiger partial charge in [-0.05, 0) is 37.1 Å². The number of rotatable bonds is 4. The molecule has 5 nitrogen and oxygen atoms in total. The lowest BCUT2D eigenvalue weighted by Gasteiger charge is -2.22. The molecule has 0 unspecified atom stereocenters. The zero-order chi connectivity index (χ0) is 15.2. The quantitative estimate of drug-likeness (QED) is 0.919. The minimum atomic E-state index is -0.193. The highest BCUT2D eigenvalue weighted by Crippen LogP contribution is 2.18. The molecule has 1 aliphatic rings. The summed E-state index contributed by atoms with van der Waals surface area (Å²) in [5.41, 5.74) is 1.15. The molecule has 1 saturated carbocycles. The van der Waals surface area contributed by atoms with Gasteiger partial charge in [-0.25, -0.2) is 0 Å². The Bertz CT molecular complexity index is 554. The van der Waals surface area contributed by atoms with Gasteiger partial charge >= 0.3 is 0 Å². The third-order valence-corrected chi connectivity index (χ3v) is 3.71. The van der Waals surface area contributed by atoms with Crippen LogP contribution in [0.25, 0.3) is 0 Å². The normalized spacial score (nSPS) is 14.5. The standard InChI is InChI=1S/C16H19N3O2/c1-12(20)19(15-8-6-13(10-17)7-9-15)11-16(21)18-14-4-2-3-5-14/h6-9,14H,2-5,11H2,1H3,(H,18,21). The second-order valence-corrected chi connectivity index (χ2v) is 5.31. The summed E-state index contributed by atoms with van der Waals surface area (Å²) < 4.78 is 0. The van der Waals surface area contributed by atoms with E-state index in [1.807, 2.05) is 6.07 Å². The van der Waals surface area contributed by atoms with Crippen LogP contribution in [-0.4, -0.2) is 24.4 Å². The van der Waals surface area contributed by atoms with Gasteiger partial charge < -0.3 is 10.2 Å². The van der Waals surface area contributed by atoms with E-state index >= 15 is 0 Å². The Morgan fingerprint density at radius 1 is 1.29 bits per heavy atom. The van der Waals surface area contributed by atoms with Crippen LogP contribution >= 0.6 is 0 Å². The molecule has 1 aromatic carbocycles. The van der Waals surface area contributed by atoms with E-state index in [1.54, 1.807) is 24.3 Å². The molecule has 0 bridgehead atoms. The first-order valence-corrected chi connectivity index (χ1v) is 7.18. The topological polar surface area (TPSA) is 73.2 Å². The highest BCUT2D eigenvalue weighted by Gasteiger charge is 2.20. The van der Waals surface area contributed by atoms with Gasteiger partial charge in [-0.15, -0.1) is 0 Å². The van der Waals surface area contributed by atoms with Gasteiger partial charge in [0.15, 0.2) is 0 Å². The Morgan fingerprint density at radius 2 is 1.90 bits per heavy atom. The number of anilines is 1. The van der Waals surface area contributed by atoms with E-state index in [4.69, 9.17) is 5.26 Å². The van der Waals surface area contributed by atoms with E-state index in [0.717, 1.165) is 25.7 Å². The first-order chi connectivity index (χ1) is 10.1. The molecular formula is C16H19N3O2. The molecule has 5 heteroatoms. The molecule has 0 spiro atoms. The fourth-order valence-electron chi connectivity index (χ4n) is 2.59. The molecule has 21 heavy (non-hydrogen) atoms. The number of nitriles is 1. The predicted molar refractivity (Wildman–Crippen MR) is 79.6 cm³/mol. The molecule has 0 heterocycles. The SMILES string of the molecule is CC(=O)N(CC(=O)NC1CCCC1)c1ccc(C#N)cc1. The summed E-state index contributed by atoms with van der Waals surface area (Å²) in [4.78, 5) is 25.2. The first-order valence-electron chi connectivity index (χ1n) is 7.18. The van der Waals surface area contributed by atoms with Gasteiger partial charge in [-0.3, -0.25) is 9.59 Å². The van der Waals surface area contributed by atoms with Crippen molar-refractivity contribution in [1.82, 2.24) is 5.32 Å². The van der Waals surface area contributed by atoms with Crippen molar-refractivity contribution in [3.8, 4) is 6.07 Å². The molecular weight excluding hydrogens is 266 g/mol. The summed E-state index contributed by atoms with van der Waals surface area (Å²) in [7, 11) is 0. The Hall–Kier alpha value is -2.35. The van der Waals surface area contributed by atoms with E-state index in [1.165, 1.54) is 11.8 Å². The average molecular weight is 285 g/mol. The molecule has 2 rings (SSSR count). The lowest BCUT2D eigenvalue weighted by atomic mass is 10.2. The molecule has 2 amide bonds. The second-order valence-electron chi connectivity index (χ2n) is 5.31. The Balaban J connectivity index is 2.02. The molecule has 0 aromatic heterocycles. The second kappa shape index (κ2) is 6.89. The molecule has 0 radical (unpaired) electrons. The number of amides is 2. The van der Waals surface area contributed by atoms with Crippen molar-refractivity contribution in [2.24, 2.45) is 0 Å². The average Bonchev–Trinajstić information content (AvgIpc) is 2.97. The van der Waals surface area contributed by atoms with Gasteiger partial charge in [0.2, 0.25) is 11.8 Å². The maximum Gasteiger partial charge on any atom is 0.240 e. The summed E-state index contributed by atoms with van der Waals surface area (Å²) in [6.45, 7) is 1.44. The number of nitrogens with one attached hydrogen (secondary N) is 1. The van der Waals surface area contributed by atoms with E-state index in [9.17, 15) is 9.59 Å². The first kappa shape index (κ1) is 15.0. The minimum Gasteiger partial charge on any atom is -0.352 e. The number of nitrogens with zero attached hydrogens (tertiary/aromatic N) is 2. The van der Waals surface area contributed by atoms with Gasteiger partial charge in [-0.2, -0.15) is 5.26 Å². The molecule has 110 valence electrons. The van der Waals surface area contributed by atoms with Crippen molar-refractivity contribution in [3.05, 3.63) is 29.8 Å². The van der Waals surface area contributed by atoms with Gasteiger partial charge in [0.05, 0.1) is 11.6 Å². The van der Waals surface area contributed by atoms with Crippen molar-refractivity contribution in [1.29, 1.82) is 5.26 Å². The van der Waals surface area contributed by atoms with Crippen LogP contribution in [0.1, 0.15) is 38.2 Å². The molecule has 0 aliphatic heterocycles. The van der Waals surface area contributed by atoms with E-state index < -0.39 is 0 Å². The van der Waals surface area contributed by atoms with Crippen LogP contribution in [0.2, 0.25) is 0 Å². The molecule has 1 aliphatic carbocycles. The predicted octanol–water partition coefficient (Wildman–Crippen LogP) is 1.97. The van der Waals surface area contributed by atoms with Crippen LogP contribution in [0, 0.1) is 11.3 Å². The highest BCUT2D eigenvalue weighted by atomic mass is 16.2. The monoisotopic (exact) mass is 285 g/mol.